The molecule has 28 heavy (non-hydrogen) atoms. The van der Waals surface area contributed by atoms with Crippen molar-refractivity contribution in [3.05, 3.63) is 41.5 Å². The second kappa shape index (κ2) is 9.96. The average Bonchev–Trinajstić information content (AvgIpc) is 3.15. The minimum absolute atomic E-state index is 0.178. The number of nitrogens with zero attached hydrogens (tertiary/aromatic N) is 4. The molecule has 0 bridgehead atoms. The largest absolute Gasteiger partial charge is 0.343 e. The standard InChI is InChI=1S/C21H29FN4OS/c1-3-4-5-6-7-20(27)26-13-12-25(15-16(26)2)21-23-19(24-28-21)14-17-8-10-18(22)11-9-17/h8-11,16H,3-7,12-15H2,1-2H3/t16-/m1/s1. The molecule has 0 N–H and O–H groups in total. The Morgan fingerprint density at radius 1 is 1.21 bits per heavy atom. The van der Waals surface area contributed by atoms with Crippen molar-refractivity contribution in [1.29, 1.82) is 0 Å². The number of aromatic nitrogens is 2. The number of piperazine rings is 1. The molecule has 0 unspecified atom stereocenters. The Labute approximate surface area is 170 Å². The average molecular weight is 405 g/mol. The molecule has 0 spiro atoms. The number of halogens is 1. The number of amides is 1. The number of benzene rings is 1. The molecule has 1 amide bonds. The highest BCUT2D eigenvalue weighted by Crippen LogP contribution is 2.23. The summed E-state index contributed by atoms with van der Waals surface area (Å²) in [6.07, 6.45) is 5.77. The van der Waals surface area contributed by atoms with Crippen molar-refractivity contribution in [3.63, 3.8) is 0 Å². The van der Waals surface area contributed by atoms with Crippen LogP contribution in [0.5, 0.6) is 0 Å². The molecule has 1 aromatic carbocycles. The molecule has 2 heterocycles. The minimum Gasteiger partial charge on any atom is -0.343 e. The summed E-state index contributed by atoms with van der Waals surface area (Å²) >= 11 is 1.40. The lowest BCUT2D eigenvalue weighted by atomic mass is 10.1. The van der Waals surface area contributed by atoms with Crippen molar-refractivity contribution in [2.24, 2.45) is 0 Å². The Morgan fingerprint density at radius 2 is 2.00 bits per heavy atom. The van der Waals surface area contributed by atoms with Crippen LogP contribution < -0.4 is 4.90 Å². The van der Waals surface area contributed by atoms with Gasteiger partial charge in [0.1, 0.15) is 11.6 Å². The first-order valence-electron chi connectivity index (χ1n) is 10.2. The molecule has 0 saturated carbocycles. The molecule has 2 aromatic rings. The van der Waals surface area contributed by atoms with Crippen molar-refractivity contribution in [2.45, 2.75) is 58.4 Å². The van der Waals surface area contributed by atoms with E-state index in [1.807, 2.05) is 4.90 Å². The van der Waals surface area contributed by atoms with Crippen LogP contribution in [0.1, 0.15) is 57.3 Å². The van der Waals surface area contributed by atoms with Gasteiger partial charge >= 0.3 is 0 Å². The van der Waals surface area contributed by atoms with E-state index in [4.69, 9.17) is 0 Å². The van der Waals surface area contributed by atoms with Crippen LogP contribution >= 0.6 is 11.5 Å². The summed E-state index contributed by atoms with van der Waals surface area (Å²) in [7, 11) is 0. The zero-order valence-electron chi connectivity index (χ0n) is 16.7. The van der Waals surface area contributed by atoms with Crippen LogP contribution in [0, 0.1) is 5.82 Å². The van der Waals surface area contributed by atoms with E-state index < -0.39 is 0 Å². The lowest BCUT2D eigenvalue weighted by molar-refractivity contribution is -0.133. The summed E-state index contributed by atoms with van der Waals surface area (Å²) < 4.78 is 17.5. The quantitative estimate of drug-likeness (QED) is 0.617. The Kier molecular flexibility index (Phi) is 7.36. The summed E-state index contributed by atoms with van der Waals surface area (Å²) in [6.45, 7) is 6.60. The Balaban J connectivity index is 1.52. The number of hydrogen-bond donors (Lipinski definition) is 0. The smallest absolute Gasteiger partial charge is 0.222 e. The Hall–Kier alpha value is -2.02. The van der Waals surface area contributed by atoms with Crippen LogP contribution in [0.4, 0.5) is 9.52 Å². The molecule has 3 rings (SSSR count). The SMILES string of the molecule is CCCCCCC(=O)N1CCN(c2nc(Cc3ccc(F)cc3)ns2)C[C@H]1C. The Morgan fingerprint density at radius 3 is 2.71 bits per heavy atom. The predicted octanol–water partition coefficient (Wildman–Crippen LogP) is 4.28. The fourth-order valence-electron chi connectivity index (χ4n) is 3.58. The van der Waals surface area contributed by atoms with Gasteiger partial charge in [-0.15, -0.1) is 0 Å². The maximum absolute atomic E-state index is 13.0. The summed E-state index contributed by atoms with van der Waals surface area (Å²) in [6, 6.07) is 6.63. The molecular formula is C21H29FN4OS. The molecule has 1 aromatic heterocycles. The van der Waals surface area contributed by atoms with E-state index in [1.165, 1.54) is 36.5 Å². The first-order valence-corrected chi connectivity index (χ1v) is 11.0. The van der Waals surface area contributed by atoms with Crippen LogP contribution in [-0.4, -0.2) is 45.8 Å². The fraction of sp³-hybridized carbons (Fsp3) is 0.571. The van der Waals surface area contributed by atoms with Crippen molar-refractivity contribution < 1.29 is 9.18 Å². The molecule has 1 fully saturated rings. The number of unbranched alkanes of at least 4 members (excludes halogenated alkanes) is 3. The van der Waals surface area contributed by atoms with E-state index in [2.05, 4.69) is 28.1 Å². The van der Waals surface area contributed by atoms with Crippen LogP contribution in [0.15, 0.2) is 24.3 Å². The molecule has 7 heteroatoms. The van der Waals surface area contributed by atoms with Gasteiger partial charge in [-0.05, 0) is 31.0 Å². The highest BCUT2D eigenvalue weighted by molar-refractivity contribution is 7.09. The first-order chi connectivity index (χ1) is 13.6. The van der Waals surface area contributed by atoms with Gasteiger partial charge < -0.3 is 9.80 Å². The van der Waals surface area contributed by atoms with Gasteiger partial charge in [0.2, 0.25) is 11.0 Å². The van der Waals surface area contributed by atoms with Gasteiger partial charge in [0.25, 0.3) is 0 Å². The van der Waals surface area contributed by atoms with Crippen LogP contribution in [0.3, 0.4) is 0 Å². The number of rotatable bonds is 8. The van der Waals surface area contributed by atoms with Crippen molar-refractivity contribution >= 4 is 22.6 Å². The van der Waals surface area contributed by atoms with Gasteiger partial charge in [0.05, 0.1) is 0 Å². The van der Waals surface area contributed by atoms with Crippen LogP contribution in [0.2, 0.25) is 0 Å². The normalized spacial score (nSPS) is 17.2. The molecule has 1 saturated heterocycles. The maximum Gasteiger partial charge on any atom is 0.222 e. The topological polar surface area (TPSA) is 49.3 Å². The van der Waals surface area contributed by atoms with E-state index >= 15 is 0 Å². The zero-order chi connectivity index (χ0) is 19.9. The van der Waals surface area contributed by atoms with Gasteiger partial charge in [0.15, 0.2) is 0 Å². The summed E-state index contributed by atoms with van der Waals surface area (Å²) in [4.78, 5) is 21.4. The highest BCUT2D eigenvalue weighted by Gasteiger charge is 2.28. The third-order valence-corrected chi connectivity index (χ3v) is 6.01. The van der Waals surface area contributed by atoms with Gasteiger partial charge in [-0.1, -0.05) is 38.3 Å². The minimum atomic E-state index is -0.234. The molecule has 5 nitrogen and oxygen atoms in total. The summed E-state index contributed by atoms with van der Waals surface area (Å²) in [5, 5.41) is 0.902. The van der Waals surface area contributed by atoms with E-state index in [1.54, 1.807) is 12.1 Å². The lowest BCUT2D eigenvalue weighted by Crippen LogP contribution is -2.54. The Bertz CT molecular complexity index is 764. The molecule has 152 valence electrons. The molecule has 0 radical (unpaired) electrons. The van der Waals surface area contributed by atoms with E-state index in [9.17, 15) is 9.18 Å². The predicted molar refractivity (Wildman–Crippen MR) is 111 cm³/mol. The first kappa shape index (κ1) is 20.7. The molecule has 0 aliphatic carbocycles. The van der Waals surface area contributed by atoms with Crippen LogP contribution in [0.25, 0.3) is 0 Å². The monoisotopic (exact) mass is 404 g/mol. The van der Waals surface area contributed by atoms with E-state index in [-0.39, 0.29) is 17.8 Å². The zero-order valence-corrected chi connectivity index (χ0v) is 17.6. The maximum atomic E-state index is 13.0. The third kappa shape index (κ3) is 5.50. The molecule has 1 aliphatic rings. The number of hydrogen-bond acceptors (Lipinski definition) is 5. The van der Waals surface area contributed by atoms with Crippen LogP contribution in [-0.2, 0) is 11.2 Å². The van der Waals surface area contributed by atoms with Gasteiger partial charge in [0, 0.05) is 50.1 Å². The number of carbonyl (C=O) groups excluding carboxylic acids is 1. The summed E-state index contributed by atoms with van der Waals surface area (Å²) in [5.41, 5.74) is 0.998. The van der Waals surface area contributed by atoms with Gasteiger partial charge in [-0.2, -0.15) is 4.37 Å². The van der Waals surface area contributed by atoms with Gasteiger partial charge in [-0.3, -0.25) is 4.79 Å². The highest BCUT2D eigenvalue weighted by atomic mass is 32.1. The van der Waals surface area contributed by atoms with Crippen molar-refractivity contribution in [1.82, 2.24) is 14.3 Å². The van der Waals surface area contributed by atoms with E-state index in [0.29, 0.717) is 12.8 Å². The van der Waals surface area contributed by atoms with E-state index in [0.717, 1.165) is 49.0 Å². The molecule has 1 aliphatic heterocycles. The second-order valence-electron chi connectivity index (χ2n) is 7.49. The molecule has 1 atom stereocenters. The number of carbonyl (C=O) groups is 1. The lowest BCUT2D eigenvalue weighted by Gasteiger charge is -2.39. The third-order valence-electron chi connectivity index (χ3n) is 5.20. The van der Waals surface area contributed by atoms with Gasteiger partial charge in [-0.25, -0.2) is 9.37 Å². The van der Waals surface area contributed by atoms with Crippen molar-refractivity contribution in [2.75, 3.05) is 24.5 Å². The fourth-order valence-corrected chi connectivity index (χ4v) is 4.30. The number of anilines is 1. The van der Waals surface area contributed by atoms with Crippen molar-refractivity contribution in [3.8, 4) is 0 Å². The second-order valence-corrected chi connectivity index (χ2v) is 8.22. The summed E-state index contributed by atoms with van der Waals surface area (Å²) in [5.74, 6) is 0.800. The molecular weight excluding hydrogens is 375 g/mol.